The van der Waals surface area contributed by atoms with Gasteiger partial charge in [0.25, 0.3) is 0 Å². The molecular weight excluding hydrogens is 292 g/mol. The summed E-state index contributed by atoms with van der Waals surface area (Å²) >= 11 is 3.46. The molecular formula is C14H21BrN2O. The van der Waals surface area contributed by atoms with Gasteiger partial charge in [-0.05, 0) is 48.3 Å². The van der Waals surface area contributed by atoms with Crippen LogP contribution in [0.3, 0.4) is 0 Å². The Morgan fingerprint density at radius 2 is 2.00 bits per heavy atom. The molecule has 0 bridgehead atoms. The second-order valence-corrected chi connectivity index (χ2v) is 5.40. The van der Waals surface area contributed by atoms with E-state index in [0.29, 0.717) is 0 Å². The maximum absolute atomic E-state index is 12.0. The Hall–Kier alpha value is -1.03. The van der Waals surface area contributed by atoms with Gasteiger partial charge in [-0.15, -0.1) is 0 Å². The van der Waals surface area contributed by atoms with E-state index in [1.807, 2.05) is 38.1 Å². The lowest BCUT2D eigenvalue weighted by Gasteiger charge is -2.19. The molecule has 0 aliphatic heterocycles. The second kappa shape index (κ2) is 7.41. The van der Waals surface area contributed by atoms with Crippen molar-refractivity contribution in [3.8, 4) is 0 Å². The highest BCUT2D eigenvalue weighted by atomic mass is 79.9. The normalized spacial score (nSPS) is 13.8. The van der Waals surface area contributed by atoms with E-state index in [1.54, 1.807) is 0 Å². The summed E-state index contributed by atoms with van der Waals surface area (Å²) in [6, 6.07) is 7.77. The van der Waals surface area contributed by atoms with E-state index in [4.69, 9.17) is 0 Å². The number of carbonyl (C=O) groups is 1. The zero-order valence-corrected chi connectivity index (χ0v) is 12.8. The first-order chi connectivity index (χ1) is 8.54. The molecule has 2 N–H and O–H groups in total. The first-order valence-electron chi connectivity index (χ1n) is 6.36. The molecule has 0 heterocycles. The molecule has 100 valence electrons. The van der Waals surface area contributed by atoms with Crippen molar-refractivity contribution in [3.63, 3.8) is 0 Å². The average Bonchev–Trinajstić information content (AvgIpc) is 2.32. The van der Waals surface area contributed by atoms with E-state index in [1.165, 1.54) is 0 Å². The van der Waals surface area contributed by atoms with Gasteiger partial charge in [0.05, 0.1) is 0 Å². The predicted molar refractivity (Wildman–Crippen MR) is 79.7 cm³/mol. The van der Waals surface area contributed by atoms with Crippen molar-refractivity contribution < 1.29 is 4.79 Å². The zero-order chi connectivity index (χ0) is 13.5. The van der Waals surface area contributed by atoms with Gasteiger partial charge >= 0.3 is 0 Å². The van der Waals surface area contributed by atoms with Gasteiger partial charge in [0.1, 0.15) is 6.04 Å². The number of nitrogens with one attached hydrogen (secondary N) is 2. The van der Waals surface area contributed by atoms with E-state index >= 15 is 0 Å². The molecule has 0 aliphatic rings. The maximum Gasteiger partial charge on any atom is 0.242 e. The Morgan fingerprint density at radius 1 is 1.33 bits per heavy atom. The number of para-hydroxylation sites is 1. The molecule has 0 radical (unpaired) electrons. The zero-order valence-electron chi connectivity index (χ0n) is 11.2. The summed E-state index contributed by atoms with van der Waals surface area (Å²) < 4.78 is 0.964. The van der Waals surface area contributed by atoms with Crippen LogP contribution in [0.15, 0.2) is 28.7 Å². The third-order valence-corrected chi connectivity index (χ3v) is 3.44. The largest absolute Gasteiger partial charge is 0.373 e. The van der Waals surface area contributed by atoms with Gasteiger partial charge in [-0.25, -0.2) is 0 Å². The first kappa shape index (κ1) is 15.0. The summed E-state index contributed by atoms with van der Waals surface area (Å²) in [7, 11) is 0. The van der Waals surface area contributed by atoms with E-state index in [9.17, 15) is 4.79 Å². The molecule has 1 rings (SSSR count). The number of anilines is 1. The molecule has 0 spiro atoms. The number of carbonyl (C=O) groups excluding carboxylic acids is 1. The molecule has 1 aromatic rings. The lowest BCUT2D eigenvalue weighted by molar-refractivity contribution is -0.122. The molecule has 4 heteroatoms. The number of amides is 1. The molecule has 3 nitrogen and oxygen atoms in total. The lowest BCUT2D eigenvalue weighted by Crippen LogP contribution is -2.42. The molecule has 1 aromatic carbocycles. The molecule has 0 saturated heterocycles. The van der Waals surface area contributed by atoms with Crippen molar-refractivity contribution >= 4 is 27.5 Å². The monoisotopic (exact) mass is 312 g/mol. The van der Waals surface area contributed by atoms with Gasteiger partial charge in [0.15, 0.2) is 0 Å². The minimum atomic E-state index is -0.247. The number of hydrogen-bond acceptors (Lipinski definition) is 2. The Labute approximate surface area is 117 Å². The van der Waals surface area contributed by atoms with Gasteiger partial charge in [-0.2, -0.15) is 0 Å². The summed E-state index contributed by atoms with van der Waals surface area (Å²) in [4.78, 5) is 12.0. The SMILES string of the molecule is CCCC(C)NC(=O)C(C)Nc1ccccc1Br. The number of halogens is 1. The summed E-state index contributed by atoms with van der Waals surface area (Å²) in [5, 5.41) is 6.20. The highest BCUT2D eigenvalue weighted by Gasteiger charge is 2.15. The molecule has 2 atom stereocenters. The van der Waals surface area contributed by atoms with Crippen LogP contribution in [0.1, 0.15) is 33.6 Å². The van der Waals surface area contributed by atoms with E-state index in [0.717, 1.165) is 23.0 Å². The Bertz CT molecular complexity index is 395. The minimum absolute atomic E-state index is 0.0340. The first-order valence-corrected chi connectivity index (χ1v) is 7.15. The van der Waals surface area contributed by atoms with Crippen molar-refractivity contribution in [2.45, 2.75) is 45.7 Å². The summed E-state index contributed by atoms with van der Waals surface area (Å²) in [6.07, 6.45) is 2.08. The van der Waals surface area contributed by atoms with Crippen LogP contribution in [0.4, 0.5) is 5.69 Å². The van der Waals surface area contributed by atoms with Gasteiger partial charge in [-0.3, -0.25) is 4.79 Å². The second-order valence-electron chi connectivity index (χ2n) is 4.54. The highest BCUT2D eigenvalue weighted by molar-refractivity contribution is 9.10. The number of hydrogen-bond donors (Lipinski definition) is 2. The third kappa shape index (κ3) is 4.69. The Morgan fingerprint density at radius 3 is 2.61 bits per heavy atom. The molecule has 1 amide bonds. The molecule has 0 saturated carbocycles. The highest BCUT2D eigenvalue weighted by Crippen LogP contribution is 2.21. The van der Waals surface area contributed by atoms with Crippen LogP contribution in [0.25, 0.3) is 0 Å². The van der Waals surface area contributed by atoms with E-state index < -0.39 is 0 Å². The maximum atomic E-state index is 12.0. The molecule has 0 fully saturated rings. The quantitative estimate of drug-likeness (QED) is 0.843. The van der Waals surface area contributed by atoms with Crippen LogP contribution >= 0.6 is 15.9 Å². The average molecular weight is 313 g/mol. The molecule has 0 aromatic heterocycles. The molecule has 0 aliphatic carbocycles. The van der Waals surface area contributed by atoms with Crippen molar-refractivity contribution in [1.29, 1.82) is 0 Å². The fraction of sp³-hybridized carbons (Fsp3) is 0.500. The Kier molecular flexibility index (Phi) is 6.19. The Balaban J connectivity index is 2.52. The van der Waals surface area contributed by atoms with Crippen LogP contribution in [-0.4, -0.2) is 18.0 Å². The summed E-state index contributed by atoms with van der Waals surface area (Å²) in [6.45, 7) is 6.02. The molecule has 18 heavy (non-hydrogen) atoms. The van der Waals surface area contributed by atoms with E-state index in [-0.39, 0.29) is 18.0 Å². The van der Waals surface area contributed by atoms with Gasteiger partial charge in [0, 0.05) is 16.2 Å². The predicted octanol–water partition coefficient (Wildman–Crippen LogP) is 3.55. The molecule has 2 unspecified atom stereocenters. The van der Waals surface area contributed by atoms with Crippen molar-refractivity contribution in [3.05, 3.63) is 28.7 Å². The minimum Gasteiger partial charge on any atom is -0.373 e. The van der Waals surface area contributed by atoms with Crippen LogP contribution < -0.4 is 10.6 Å². The smallest absolute Gasteiger partial charge is 0.242 e. The van der Waals surface area contributed by atoms with Crippen molar-refractivity contribution in [1.82, 2.24) is 5.32 Å². The number of benzene rings is 1. The fourth-order valence-corrected chi connectivity index (χ4v) is 2.15. The topological polar surface area (TPSA) is 41.1 Å². The van der Waals surface area contributed by atoms with E-state index in [2.05, 4.69) is 33.5 Å². The van der Waals surface area contributed by atoms with Crippen LogP contribution in [0, 0.1) is 0 Å². The number of rotatable bonds is 6. The van der Waals surface area contributed by atoms with Crippen molar-refractivity contribution in [2.75, 3.05) is 5.32 Å². The lowest BCUT2D eigenvalue weighted by atomic mass is 10.2. The van der Waals surface area contributed by atoms with Gasteiger partial charge < -0.3 is 10.6 Å². The van der Waals surface area contributed by atoms with Crippen LogP contribution in [0.2, 0.25) is 0 Å². The summed E-state index contributed by atoms with van der Waals surface area (Å²) in [5.74, 6) is 0.0340. The van der Waals surface area contributed by atoms with Gasteiger partial charge in [0.2, 0.25) is 5.91 Å². The van der Waals surface area contributed by atoms with Crippen LogP contribution in [0.5, 0.6) is 0 Å². The standard InChI is InChI=1S/C14H21BrN2O/c1-4-7-10(2)16-14(18)11(3)17-13-9-6-5-8-12(13)15/h5-6,8-11,17H,4,7H2,1-3H3,(H,16,18). The van der Waals surface area contributed by atoms with Crippen molar-refractivity contribution in [2.24, 2.45) is 0 Å². The van der Waals surface area contributed by atoms with Crippen LogP contribution in [-0.2, 0) is 4.79 Å². The fourth-order valence-electron chi connectivity index (χ4n) is 1.75. The summed E-state index contributed by atoms with van der Waals surface area (Å²) in [5.41, 5.74) is 0.934. The third-order valence-electron chi connectivity index (χ3n) is 2.75. The van der Waals surface area contributed by atoms with Gasteiger partial charge in [-0.1, -0.05) is 25.5 Å².